The lowest BCUT2D eigenvalue weighted by Gasteiger charge is -1.97. The van der Waals surface area contributed by atoms with E-state index in [9.17, 15) is 0 Å². The van der Waals surface area contributed by atoms with Crippen molar-refractivity contribution in [3.8, 4) is 17.6 Å². The number of para-hydroxylation sites is 1. The number of ether oxygens (including phenoxy) is 1. The van der Waals surface area contributed by atoms with Crippen LogP contribution in [0.2, 0.25) is 0 Å². The third-order valence-corrected chi connectivity index (χ3v) is 3.73. The summed E-state index contributed by atoms with van der Waals surface area (Å²) in [5.41, 5.74) is 1.75. The van der Waals surface area contributed by atoms with Crippen molar-refractivity contribution in [2.45, 2.75) is 0 Å². The summed E-state index contributed by atoms with van der Waals surface area (Å²) in [5, 5.41) is 1.03. The number of hydrogen-bond donors (Lipinski definition) is 0. The van der Waals surface area contributed by atoms with Crippen molar-refractivity contribution in [3.05, 3.63) is 64.3 Å². The maximum Gasteiger partial charge on any atom is 0.192 e. The molecular weight excluding hydrogens is 316 g/mol. The first kappa shape index (κ1) is 12.8. The Labute approximate surface area is 125 Å². The summed E-state index contributed by atoms with van der Waals surface area (Å²) < 4.78 is 11.7. The van der Waals surface area contributed by atoms with Gasteiger partial charge in [0.1, 0.15) is 11.3 Å². The molecule has 0 amide bonds. The number of benzene rings is 2. The van der Waals surface area contributed by atoms with Gasteiger partial charge in [-0.25, -0.2) is 0 Å². The predicted octanol–water partition coefficient (Wildman–Crippen LogP) is 4.60. The van der Waals surface area contributed by atoms with Gasteiger partial charge in [-0.05, 0) is 58.2 Å². The second-order valence-electron chi connectivity index (χ2n) is 4.22. The Balaban J connectivity index is 1.96. The van der Waals surface area contributed by atoms with Crippen molar-refractivity contribution in [3.63, 3.8) is 0 Å². The molecule has 3 rings (SSSR count). The second kappa shape index (κ2) is 5.44. The molecule has 2 aromatic carbocycles. The fourth-order valence-electron chi connectivity index (χ4n) is 1.90. The van der Waals surface area contributed by atoms with Crippen molar-refractivity contribution in [2.24, 2.45) is 0 Å². The van der Waals surface area contributed by atoms with E-state index in [0.29, 0.717) is 5.76 Å². The molecule has 0 saturated carbocycles. The van der Waals surface area contributed by atoms with E-state index in [1.807, 2.05) is 48.5 Å². The molecule has 1 heterocycles. The Morgan fingerprint density at radius 1 is 1.00 bits per heavy atom. The minimum atomic E-state index is 0.641. The normalized spacial score (nSPS) is 10.1. The molecule has 0 unspecified atom stereocenters. The standard InChI is InChI=1S/C17H11BrO2/c1-19-13-9-6-12(7-10-13)8-11-16-17(18)14-4-2-3-5-15(14)20-16/h2-7,9-10H,1H3. The van der Waals surface area contributed by atoms with Crippen LogP contribution in [0.5, 0.6) is 5.75 Å². The first-order valence-corrected chi connectivity index (χ1v) is 6.90. The third kappa shape index (κ3) is 2.43. The van der Waals surface area contributed by atoms with Gasteiger partial charge in [0, 0.05) is 10.9 Å². The van der Waals surface area contributed by atoms with E-state index in [4.69, 9.17) is 9.15 Å². The van der Waals surface area contributed by atoms with Crippen LogP contribution >= 0.6 is 15.9 Å². The molecule has 0 radical (unpaired) electrons. The predicted molar refractivity (Wildman–Crippen MR) is 82.9 cm³/mol. The van der Waals surface area contributed by atoms with E-state index in [1.165, 1.54) is 0 Å². The molecule has 0 aliphatic rings. The average Bonchev–Trinajstić information content (AvgIpc) is 2.83. The summed E-state index contributed by atoms with van der Waals surface area (Å²) >= 11 is 3.53. The Morgan fingerprint density at radius 3 is 2.45 bits per heavy atom. The summed E-state index contributed by atoms with van der Waals surface area (Å²) in [6.45, 7) is 0. The zero-order valence-corrected chi connectivity index (χ0v) is 12.4. The number of furan rings is 1. The highest BCUT2D eigenvalue weighted by Crippen LogP contribution is 2.30. The van der Waals surface area contributed by atoms with E-state index in [-0.39, 0.29) is 0 Å². The van der Waals surface area contributed by atoms with Gasteiger partial charge >= 0.3 is 0 Å². The van der Waals surface area contributed by atoms with Gasteiger partial charge < -0.3 is 9.15 Å². The zero-order chi connectivity index (χ0) is 13.9. The number of fused-ring (bicyclic) bond motifs is 1. The number of halogens is 1. The van der Waals surface area contributed by atoms with Crippen molar-refractivity contribution in [1.82, 2.24) is 0 Å². The van der Waals surface area contributed by atoms with Gasteiger partial charge in [0.25, 0.3) is 0 Å². The van der Waals surface area contributed by atoms with Crippen molar-refractivity contribution >= 4 is 26.9 Å². The SMILES string of the molecule is COc1ccc(C#Cc2oc3ccccc3c2Br)cc1. The van der Waals surface area contributed by atoms with E-state index in [0.717, 1.165) is 26.8 Å². The first-order valence-electron chi connectivity index (χ1n) is 6.11. The van der Waals surface area contributed by atoms with Crippen LogP contribution in [0.25, 0.3) is 11.0 Å². The third-order valence-electron chi connectivity index (χ3n) is 2.95. The van der Waals surface area contributed by atoms with Gasteiger partial charge in [-0.1, -0.05) is 18.1 Å². The maximum atomic E-state index is 5.72. The fraction of sp³-hybridized carbons (Fsp3) is 0.0588. The highest BCUT2D eigenvalue weighted by molar-refractivity contribution is 9.10. The molecule has 0 N–H and O–H groups in total. The van der Waals surface area contributed by atoms with Crippen molar-refractivity contribution < 1.29 is 9.15 Å². The van der Waals surface area contributed by atoms with E-state index < -0.39 is 0 Å². The van der Waals surface area contributed by atoms with Crippen molar-refractivity contribution in [2.75, 3.05) is 7.11 Å². The van der Waals surface area contributed by atoms with Crippen LogP contribution in [0.4, 0.5) is 0 Å². The van der Waals surface area contributed by atoms with Crippen LogP contribution in [-0.4, -0.2) is 7.11 Å². The molecule has 2 nitrogen and oxygen atoms in total. The van der Waals surface area contributed by atoms with Crippen LogP contribution in [0.1, 0.15) is 11.3 Å². The quantitative estimate of drug-likeness (QED) is 0.609. The lowest BCUT2D eigenvalue weighted by molar-refractivity contribution is 0.415. The molecule has 3 heteroatoms. The number of methoxy groups -OCH3 is 1. The molecule has 0 spiro atoms. The van der Waals surface area contributed by atoms with Crippen LogP contribution in [0.15, 0.2) is 57.4 Å². The fourth-order valence-corrected chi connectivity index (χ4v) is 2.41. The Kier molecular flexibility index (Phi) is 3.49. The molecular formula is C17H11BrO2. The molecule has 0 aliphatic heterocycles. The molecule has 0 fully saturated rings. The lowest BCUT2D eigenvalue weighted by Crippen LogP contribution is -1.81. The van der Waals surface area contributed by atoms with Crippen LogP contribution in [0, 0.1) is 11.8 Å². The highest BCUT2D eigenvalue weighted by atomic mass is 79.9. The Morgan fingerprint density at radius 2 is 1.75 bits per heavy atom. The van der Waals surface area contributed by atoms with Crippen molar-refractivity contribution in [1.29, 1.82) is 0 Å². The summed E-state index contributed by atoms with van der Waals surface area (Å²) in [6.07, 6.45) is 0. The molecule has 20 heavy (non-hydrogen) atoms. The Bertz CT molecular complexity index is 804. The van der Waals surface area contributed by atoms with Gasteiger partial charge in [0.15, 0.2) is 5.76 Å². The van der Waals surface area contributed by atoms with Gasteiger partial charge in [-0.3, -0.25) is 0 Å². The van der Waals surface area contributed by atoms with E-state index in [1.54, 1.807) is 7.11 Å². The minimum absolute atomic E-state index is 0.641. The topological polar surface area (TPSA) is 22.4 Å². The van der Waals surface area contributed by atoms with Gasteiger partial charge in [-0.15, -0.1) is 0 Å². The zero-order valence-electron chi connectivity index (χ0n) is 10.8. The summed E-state index contributed by atoms with van der Waals surface area (Å²) in [7, 11) is 1.65. The largest absolute Gasteiger partial charge is 0.497 e. The highest BCUT2D eigenvalue weighted by Gasteiger charge is 2.08. The summed E-state index contributed by atoms with van der Waals surface area (Å²) in [4.78, 5) is 0. The van der Waals surface area contributed by atoms with Crippen LogP contribution < -0.4 is 4.74 Å². The molecule has 3 aromatic rings. The maximum absolute atomic E-state index is 5.72. The van der Waals surface area contributed by atoms with E-state index in [2.05, 4.69) is 27.8 Å². The molecule has 1 aromatic heterocycles. The minimum Gasteiger partial charge on any atom is -0.497 e. The smallest absolute Gasteiger partial charge is 0.192 e. The number of rotatable bonds is 1. The van der Waals surface area contributed by atoms with Crippen LogP contribution in [0.3, 0.4) is 0 Å². The van der Waals surface area contributed by atoms with E-state index >= 15 is 0 Å². The monoisotopic (exact) mass is 326 g/mol. The summed E-state index contributed by atoms with van der Waals surface area (Å²) in [5.74, 6) is 7.60. The molecule has 0 bridgehead atoms. The first-order chi connectivity index (χ1) is 9.78. The summed E-state index contributed by atoms with van der Waals surface area (Å²) in [6, 6.07) is 15.5. The lowest BCUT2D eigenvalue weighted by atomic mass is 10.2. The van der Waals surface area contributed by atoms with Gasteiger partial charge in [0.2, 0.25) is 0 Å². The number of hydrogen-bond acceptors (Lipinski definition) is 2. The second-order valence-corrected chi connectivity index (χ2v) is 5.01. The molecule has 0 aliphatic carbocycles. The Hall–Kier alpha value is -2.18. The molecule has 98 valence electrons. The molecule has 0 saturated heterocycles. The van der Waals surface area contributed by atoms with Gasteiger partial charge in [-0.2, -0.15) is 0 Å². The van der Waals surface area contributed by atoms with Gasteiger partial charge in [0.05, 0.1) is 11.6 Å². The average molecular weight is 327 g/mol. The molecule has 0 atom stereocenters. The van der Waals surface area contributed by atoms with Crippen LogP contribution in [-0.2, 0) is 0 Å².